The molecule has 2 atom stereocenters. The zero-order valence-electron chi connectivity index (χ0n) is 17.2. The lowest BCUT2D eigenvalue weighted by molar-refractivity contribution is -0.155. The number of carbonyl (C=O) groups excluding carboxylic acids is 4. The maximum absolute atomic E-state index is 13.5. The van der Waals surface area contributed by atoms with Crippen molar-refractivity contribution in [2.75, 3.05) is 14.2 Å². The fraction of sp³-hybridized carbons (Fsp3) is 0.250. The van der Waals surface area contributed by atoms with Crippen molar-refractivity contribution in [3.8, 4) is 0 Å². The van der Waals surface area contributed by atoms with E-state index in [0.29, 0.717) is 22.3 Å². The summed E-state index contributed by atoms with van der Waals surface area (Å²) in [5.41, 5.74) is 2.35. The van der Waals surface area contributed by atoms with Crippen molar-refractivity contribution < 1.29 is 28.7 Å². The van der Waals surface area contributed by atoms with Crippen LogP contribution in [0.2, 0.25) is 0 Å². The van der Waals surface area contributed by atoms with Crippen molar-refractivity contribution in [1.29, 1.82) is 0 Å². The quantitative estimate of drug-likeness (QED) is 0.368. The maximum Gasteiger partial charge on any atom is 0.316 e. The lowest BCUT2D eigenvalue weighted by Crippen LogP contribution is -2.36. The van der Waals surface area contributed by atoms with Gasteiger partial charge in [-0.25, -0.2) is 0 Å². The third kappa shape index (κ3) is 3.42. The van der Waals surface area contributed by atoms with Gasteiger partial charge in [0.2, 0.25) is 0 Å². The minimum absolute atomic E-state index is 0.0401. The topological polar surface area (TPSA) is 91.7 Å². The fourth-order valence-electron chi connectivity index (χ4n) is 4.27. The highest BCUT2D eigenvalue weighted by Gasteiger charge is 2.43. The number of esters is 2. The molecule has 0 amide bonds. The van der Waals surface area contributed by atoms with Gasteiger partial charge in [-0.3, -0.25) is 23.7 Å². The molecule has 1 heterocycles. The Morgan fingerprint density at radius 2 is 1.42 bits per heavy atom. The van der Waals surface area contributed by atoms with E-state index in [1.807, 2.05) is 30.3 Å². The number of benzene rings is 2. The number of aromatic nitrogens is 1. The molecule has 1 aromatic heterocycles. The Balaban J connectivity index is 1.97. The number of fused-ring (bicyclic) bond motifs is 3. The van der Waals surface area contributed by atoms with Crippen molar-refractivity contribution in [1.82, 2.24) is 4.57 Å². The number of rotatable bonds is 3. The first-order valence-corrected chi connectivity index (χ1v) is 9.88. The van der Waals surface area contributed by atoms with Crippen LogP contribution < -0.4 is 0 Å². The molecule has 2 unspecified atom stereocenters. The Morgan fingerprint density at radius 1 is 0.839 bits per heavy atom. The number of ether oxygens (including phenoxy) is 2. The minimum atomic E-state index is -1.21. The molecule has 31 heavy (non-hydrogen) atoms. The Morgan fingerprint density at radius 3 is 2.06 bits per heavy atom. The van der Waals surface area contributed by atoms with Gasteiger partial charge in [0.05, 0.1) is 19.7 Å². The van der Waals surface area contributed by atoms with Crippen LogP contribution in [0.3, 0.4) is 0 Å². The van der Waals surface area contributed by atoms with Gasteiger partial charge in [0, 0.05) is 23.1 Å². The monoisotopic (exact) mass is 419 g/mol. The van der Waals surface area contributed by atoms with Crippen molar-refractivity contribution in [3.05, 3.63) is 71.4 Å². The molecule has 2 aromatic carbocycles. The van der Waals surface area contributed by atoms with Gasteiger partial charge in [0.25, 0.3) is 5.91 Å². The van der Waals surface area contributed by atoms with Gasteiger partial charge in [0.1, 0.15) is 11.8 Å². The second kappa shape index (κ2) is 8.18. The molecule has 0 N–H and O–H groups in total. The number of para-hydroxylation sites is 1. The molecule has 3 aromatic rings. The molecular weight excluding hydrogens is 398 g/mol. The molecule has 0 aliphatic heterocycles. The van der Waals surface area contributed by atoms with Gasteiger partial charge in [-0.05, 0) is 30.2 Å². The van der Waals surface area contributed by atoms with Crippen LogP contribution in [0.25, 0.3) is 10.9 Å². The van der Waals surface area contributed by atoms with Gasteiger partial charge < -0.3 is 9.47 Å². The normalized spacial score (nSPS) is 18.2. The van der Waals surface area contributed by atoms with E-state index >= 15 is 0 Å². The van der Waals surface area contributed by atoms with Gasteiger partial charge in [-0.2, -0.15) is 0 Å². The number of methoxy groups -OCH3 is 2. The zero-order chi connectivity index (χ0) is 22.1. The van der Waals surface area contributed by atoms with E-state index in [1.165, 1.54) is 14.2 Å². The second-order valence-electron chi connectivity index (χ2n) is 7.41. The van der Waals surface area contributed by atoms with E-state index in [0.717, 1.165) is 5.39 Å². The van der Waals surface area contributed by atoms with Crippen LogP contribution in [-0.2, 0) is 36.7 Å². The number of carbonyl (C=O) groups is 4. The highest BCUT2D eigenvalue weighted by atomic mass is 16.5. The van der Waals surface area contributed by atoms with Crippen molar-refractivity contribution >= 4 is 34.5 Å². The summed E-state index contributed by atoms with van der Waals surface area (Å²) in [6, 6.07) is 16.1. The van der Waals surface area contributed by atoms with E-state index in [-0.39, 0.29) is 18.7 Å². The summed E-state index contributed by atoms with van der Waals surface area (Å²) in [5, 5.41) is 0.758. The van der Waals surface area contributed by atoms with Crippen LogP contribution in [0.4, 0.5) is 0 Å². The van der Waals surface area contributed by atoms with Gasteiger partial charge in [-0.1, -0.05) is 36.4 Å². The SMILES string of the molecule is COC(=O)C1Cc2c(n(C(=O)c3ccccc3)c3ccccc23)CC(C(=O)OC)C1=O. The second-order valence-corrected chi connectivity index (χ2v) is 7.41. The molecule has 158 valence electrons. The molecular formula is C24H21NO6. The minimum Gasteiger partial charge on any atom is -0.468 e. The van der Waals surface area contributed by atoms with Crippen molar-refractivity contribution in [2.24, 2.45) is 11.8 Å². The third-order valence-corrected chi connectivity index (χ3v) is 5.78. The summed E-state index contributed by atoms with van der Waals surface area (Å²) in [5.74, 6) is -4.64. The van der Waals surface area contributed by atoms with Gasteiger partial charge in [0.15, 0.2) is 5.78 Å². The van der Waals surface area contributed by atoms with E-state index in [2.05, 4.69) is 0 Å². The molecule has 7 heteroatoms. The number of hydrogen-bond acceptors (Lipinski definition) is 6. The van der Waals surface area contributed by atoms with Crippen LogP contribution >= 0.6 is 0 Å². The third-order valence-electron chi connectivity index (χ3n) is 5.78. The summed E-state index contributed by atoms with van der Waals surface area (Å²) in [6.07, 6.45) is 0.00546. The van der Waals surface area contributed by atoms with E-state index < -0.39 is 29.6 Å². The number of ketones is 1. The van der Waals surface area contributed by atoms with E-state index in [4.69, 9.17) is 9.47 Å². The zero-order valence-corrected chi connectivity index (χ0v) is 17.2. The lowest BCUT2D eigenvalue weighted by atomic mass is 9.90. The molecule has 1 aliphatic carbocycles. The smallest absolute Gasteiger partial charge is 0.316 e. The van der Waals surface area contributed by atoms with Gasteiger partial charge >= 0.3 is 11.9 Å². The average Bonchev–Trinajstić information content (AvgIpc) is 3.03. The van der Waals surface area contributed by atoms with Crippen LogP contribution in [-0.4, -0.2) is 42.4 Å². The summed E-state index contributed by atoms with van der Waals surface area (Å²) in [4.78, 5) is 51.5. The molecule has 7 nitrogen and oxygen atoms in total. The number of nitrogens with zero attached hydrogens (tertiary/aromatic N) is 1. The molecule has 0 bridgehead atoms. The highest BCUT2D eigenvalue weighted by molar-refractivity contribution is 6.11. The number of Topliss-reactive ketones (excluding diaryl/α,β-unsaturated/α-hetero) is 1. The lowest BCUT2D eigenvalue weighted by Gasteiger charge is -2.16. The maximum atomic E-state index is 13.5. The van der Waals surface area contributed by atoms with Crippen LogP contribution in [0.5, 0.6) is 0 Å². The first kappa shape index (κ1) is 20.5. The first-order chi connectivity index (χ1) is 15.0. The molecule has 0 spiro atoms. The molecule has 0 fully saturated rings. The largest absolute Gasteiger partial charge is 0.468 e. The molecule has 0 radical (unpaired) electrons. The summed E-state index contributed by atoms with van der Waals surface area (Å²) in [7, 11) is 2.40. The average molecular weight is 419 g/mol. The summed E-state index contributed by atoms with van der Waals surface area (Å²) in [6.45, 7) is 0. The summed E-state index contributed by atoms with van der Waals surface area (Å²) >= 11 is 0. The predicted molar refractivity (Wildman–Crippen MR) is 112 cm³/mol. The first-order valence-electron chi connectivity index (χ1n) is 9.88. The van der Waals surface area contributed by atoms with Crippen LogP contribution in [0.15, 0.2) is 54.6 Å². The van der Waals surface area contributed by atoms with E-state index in [9.17, 15) is 19.2 Å². The number of hydrogen-bond donors (Lipinski definition) is 0. The Hall–Kier alpha value is -3.74. The standard InChI is InChI=1S/C24H21NO6/c1-30-23(28)17-12-16-15-10-6-7-11-19(15)25(22(27)14-8-4-3-5-9-14)20(16)13-18(21(17)26)24(29)31-2/h3-11,17-18H,12-13H2,1-2H3. The Kier molecular flexibility index (Phi) is 5.42. The van der Waals surface area contributed by atoms with Crippen LogP contribution in [0, 0.1) is 11.8 Å². The molecule has 1 aliphatic rings. The van der Waals surface area contributed by atoms with Crippen LogP contribution in [0.1, 0.15) is 21.6 Å². The summed E-state index contributed by atoms with van der Waals surface area (Å²) < 4.78 is 11.2. The molecule has 0 saturated carbocycles. The van der Waals surface area contributed by atoms with Crippen molar-refractivity contribution in [2.45, 2.75) is 12.8 Å². The fourth-order valence-corrected chi connectivity index (χ4v) is 4.27. The van der Waals surface area contributed by atoms with Gasteiger partial charge in [-0.15, -0.1) is 0 Å². The molecule has 4 rings (SSSR count). The molecule has 0 saturated heterocycles. The predicted octanol–water partition coefficient (Wildman–Crippen LogP) is 2.58. The Labute approximate surface area is 178 Å². The Bertz CT molecular complexity index is 1190. The van der Waals surface area contributed by atoms with E-state index in [1.54, 1.807) is 28.8 Å². The highest BCUT2D eigenvalue weighted by Crippen LogP contribution is 2.35. The van der Waals surface area contributed by atoms with Crippen molar-refractivity contribution in [3.63, 3.8) is 0 Å².